The zero-order valence-electron chi connectivity index (χ0n) is 10.3. The van der Waals surface area contributed by atoms with Crippen molar-refractivity contribution >= 4 is 11.4 Å². The SMILES string of the molecule is CCC(C)(CC)Nc1ccc([N+](=O)[O-])cc1F. The summed E-state index contributed by atoms with van der Waals surface area (Å²) < 4.78 is 13.6. The van der Waals surface area contributed by atoms with Crippen LogP contribution in [0.15, 0.2) is 18.2 Å². The molecule has 94 valence electrons. The van der Waals surface area contributed by atoms with E-state index in [1.807, 2.05) is 20.8 Å². The van der Waals surface area contributed by atoms with E-state index in [0.29, 0.717) is 5.69 Å². The minimum absolute atomic E-state index is 0.197. The number of hydrogen-bond donors (Lipinski definition) is 1. The van der Waals surface area contributed by atoms with Crippen LogP contribution in [0, 0.1) is 15.9 Å². The number of anilines is 1. The van der Waals surface area contributed by atoms with Crippen molar-refractivity contribution in [3.63, 3.8) is 0 Å². The summed E-state index contributed by atoms with van der Waals surface area (Å²) in [7, 11) is 0. The average molecular weight is 240 g/mol. The Labute approximate surface area is 100.0 Å². The maximum atomic E-state index is 13.6. The molecule has 1 rings (SSSR count). The van der Waals surface area contributed by atoms with Crippen molar-refractivity contribution in [2.75, 3.05) is 5.32 Å². The predicted octanol–water partition coefficient (Wildman–Crippen LogP) is 3.72. The van der Waals surface area contributed by atoms with E-state index in [0.717, 1.165) is 18.9 Å². The lowest BCUT2D eigenvalue weighted by Gasteiger charge is -2.29. The third kappa shape index (κ3) is 3.15. The zero-order chi connectivity index (χ0) is 13.1. The quantitative estimate of drug-likeness (QED) is 0.630. The molecule has 0 amide bonds. The van der Waals surface area contributed by atoms with Crippen molar-refractivity contribution in [3.05, 3.63) is 34.1 Å². The van der Waals surface area contributed by atoms with Crippen LogP contribution < -0.4 is 5.32 Å². The van der Waals surface area contributed by atoms with Gasteiger partial charge in [0.15, 0.2) is 5.82 Å². The fraction of sp³-hybridized carbons (Fsp3) is 0.500. The molecule has 0 saturated carbocycles. The molecule has 0 spiro atoms. The molecule has 5 heteroatoms. The fourth-order valence-electron chi connectivity index (χ4n) is 1.47. The van der Waals surface area contributed by atoms with Crippen molar-refractivity contribution < 1.29 is 9.31 Å². The first kappa shape index (κ1) is 13.4. The first-order valence-electron chi connectivity index (χ1n) is 5.64. The monoisotopic (exact) mass is 240 g/mol. The molecular formula is C12H17FN2O2. The number of benzene rings is 1. The van der Waals surface area contributed by atoms with Crippen LogP contribution in [0.5, 0.6) is 0 Å². The maximum Gasteiger partial charge on any atom is 0.272 e. The lowest BCUT2D eigenvalue weighted by atomic mass is 9.95. The number of nitro groups is 1. The molecule has 0 unspecified atom stereocenters. The highest BCUT2D eigenvalue weighted by Crippen LogP contribution is 2.26. The van der Waals surface area contributed by atoms with Gasteiger partial charge >= 0.3 is 0 Å². The minimum Gasteiger partial charge on any atom is -0.378 e. The van der Waals surface area contributed by atoms with E-state index in [1.165, 1.54) is 12.1 Å². The summed E-state index contributed by atoms with van der Waals surface area (Å²) in [5.74, 6) is -0.590. The molecule has 1 aromatic rings. The van der Waals surface area contributed by atoms with Gasteiger partial charge in [0, 0.05) is 11.6 Å². The van der Waals surface area contributed by atoms with E-state index < -0.39 is 10.7 Å². The second kappa shape index (κ2) is 5.12. The number of nitrogens with zero attached hydrogens (tertiary/aromatic N) is 1. The number of hydrogen-bond acceptors (Lipinski definition) is 3. The van der Waals surface area contributed by atoms with Gasteiger partial charge in [-0.05, 0) is 25.8 Å². The molecule has 0 radical (unpaired) electrons. The van der Waals surface area contributed by atoms with Gasteiger partial charge in [0.25, 0.3) is 5.69 Å². The lowest BCUT2D eigenvalue weighted by molar-refractivity contribution is -0.385. The van der Waals surface area contributed by atoms with Crippen LogP contribution in [0.25, 0.3) is 0 Å². The Morgan fingerprint density at radius 2 is 2.00 bits per heavy atom. The Balaban J connectivity index is 2.97. The first-order chi connectivity index (χ1) is 7.91. The second-order valence-electron chi connectivity index (χ2n) is 4.31. The molecule has 0 aliphatic rings. The van der Waals surface area contributed by atoms with E-state index in [2.05, 4.69) is 5.32 Å². The molecule has 1 aromatic carbocycles. The fourth-order valence-corrected chi connectivity index (χ4v) is 1.47. The number of nitrogens with one attached hydrogen (secondary N) is 1. The molecule has 1 N–H and O–H groups in total. The highest BCUT2D eigenvalue weighted by molar-refractivity contribution is 5.51. The molecule has 0 heterocycles. The van der Waals surface area contributed by atoms with Crippen LogP contribution in [-0.4, -0.2) is 10.5 Å². The summed E-state index contributed by atoms with van der Waals surface area (Å²) in [6.07, 6.45) is 1.69. The molecule has 0 aromatic heterocycles. The summed E-state index contributed by atoms with van der Waals surface area (Å²) >= 11 is 0. The van der Waals surface area contributed by atoms with Gasteiger partial charge in [-0.3, -0.25) is 10.1 Å². The normalized spacial score (nSPS) is 11.3. The summed E-state index contributed by atoms with van der Waals surface area (Å²) in [6.45, 7) is 6.02. The Kier molecular flexibility index (Phi) is 4.04. The minimum atomic E-state index is -0.605. The number of non-ortho nitro benzene ring substituents is 1. The Bertz CT molecular complexity index is 417. The van der Waals surface area contributed by atoms with E-state index in [1.54, 1.807) is 0 Å². The Hall–Kier alpha value is -1.65. The van der Waals surface area contributed by atoms with Crippen molar-refractivity contribution in [3.8, 4) is 0 Å². The summed E-state index contributed by atoms with van der Waals surface area (Å²) in [6, 6.07) is 3.66. The third-order valence-electron chi connectivity index (χ3n) is 3.16. The lowest BCUT2D eigenvalue weighted by Crippen LogP contribution is -2.33. The van der Waals surface area contributed by atoms with Crippen LogP contribution in [0.3, 0.4) is 0 Å². The van der Waals surface area contributed by atoms with Crippen LogP contribution in [0.2, 0.25) is 0 Å². The molecule has 0 aliphatic carbocycles. The standard InChI is InChI=1S/C12H17FN2O2/c1-4-12(3,5-2)14-11-7-6-9(15(16)17)8-10(11)13/h6-8,14H,4-5H2,1-3H3. The van der Waals surface area contributed by atoms with Crippen LogP contribution in [0.4, 0.5) is 15.8 Å². The zero-order valence-corrected chi connectivity index (χ0v) is 10.3. The maximum absolute atomic E-state index is 13.6. The van der Waals surface area contributed by atoms with Gasteiger partial charge in [-0.1, -0.05) is 13.8 Å². The van der Waals surface area contributed by atoms with E-state index >= 15 is 0 Å². The van der Waals surface area contributed by atoms with Crippen molar-refractivity contribution in [2.45, 2.75) is 39.2 Å². The molecule has 4 nitrogen and oxygen atoms in total. The largest absolute Gasteiger partial charge is 0.378 e. The number of nitro benzene ring substituents is 1. The van der Waals surface area contributed by atoms with Crippen LogP contribution in [-0.2, 0) is 0 Å². The van der Waals surface area contributed by atoms with Crippen molar-refractivity contribution in [1.82, 2.24) is 0 Å². The predicted molar refractivity (Wildman–Crippen MR) is 65.7 cm³/mol. The van der Waals surface area contributed by atoms with Crippen molar-refractivity contribution in [1.29, 1.82) is 0 Å². The van der Waals surface area contributed by atoms with Crippen LogP contribution >= 0.6 is 0 Å². The molecular weight excluding hydrogens is 223 g/mol. The molecule has 0 bridgehead atoms. The van der Waals surface area contributed by atoms with Crippen LogP contribution in [0.1, 0.15) is 33.6 Å². The van der Waals surface area contributed by atoms with Gasteiger partial charge in [-0.15, -0.1) is 0 Å². The van der Waals surface area contributed by atoms with Gasteiger partial charge in [0.2, 0.25) is 0 Å². The molecule has 0 fully saturated rings. The van der Waals surface area contributed by atoms with Gasteiger partial charge in [0.1, 0.15) is 0 Å². The smallest absolute Gasteiger partial charge is 0.272 e. The summed E-state index contributed by atoms with van der Waals surface area (Å²) in [5, 5.41) is 13.6. The number of halogens is 1. The van der Waals surface area contributed by atoms with Gasteiger partial charge in [-0.2, -0.15) is 0 Å². The summed E-state index contributed by atoms with van der Waals surface area (Å²) in [4.78, 5) is 9.88. The highest BCUT2D eigenvalue weighted by atomic mass is 19.1. The first-order valence-corrected chi connectivity index (χ1v) is 5.64. The Morgan fingerprint density at radius 3 is 2.41 bits per heavy atom. The molecule has 0 aliphatic heterocycles. The van der Waals surface area contributed by atoms with Gasteiger partial charge in [0.05, 0.1) is 16.7 Å². The van der Waals surface area contributed by atoms with Crippen molar-refractivity contribution in [2.24, 2.45) is 0 Å². The molecule has 17 heavy (non-hydrogen) atoms. The average Bonchev–Trinajstić information content (AvgIpc) is 2.31. The topological polar surface area (TPSA) is 55.2 Å². The number of rotatable bonds is 5. The Morgan fingerprint density at radius 1 is 1.41 bits per heavy atom. The van der Waals surface area contributed by atoms with Gasteiger partial charge < -0.3 is 5.32 Å². The molecule has 0 saturated heterocycles. The van der Waals surface area contributed by atoms with Gasteiger partial charge in [-0.25, -0.2) is 4.39 Å². The second-order valence-corrected chi connectivity index (χ2v) is 4.31. The van der Waals surface area contributed by atoms with E-state index in [4.69, 9.17) is 0 Å². The van der Waals surface area contributed by atoms with E-state index in [-0.39, 0.29) is 11.2 Å². The van der Waals surface area contributed by atoms with E-state index in [9.17, 15) is 14.5 Å². The summed E-state index contributed by atoms with van der Waals surface area (Å²) in [5.41, 5.74) is -0.124. The third-order valence-corrected chi connectivity index (χ3v) is 3.16. The molecule has 0 atom stereocenters. The highest BCUT2D eigenvalue weighted by Gasteiger charge is 2.21.